The van der Waals surface area contributed by atoms with Gasteiger partial charge in [-0.05, 0) is 42.5 Å². The fourth-order valence-corrected chi connectivity index (χ4v) is 2.98. The van der Waals surface area contributed by atoms with Gasteiger partial charge < -0.3 is 19.4 Å². The molecular formula is C23H26N2O5. The highest BCUT2D eigenvalue weighted by Crippen LogP contribution is 2.33. The zero-order valence-corrected chi connectivity index (χ0v) is 17.2. The van der Waals surface area contributed by atoms with Crippen LogP contribution in [0.2, 0.25) is 0 Å². The summed E-state index contributed by atoms with van der Waals surface area (Å²) in [5.74, 6) is -0.302. The Morgan fingerprint density at radius 1 is 1.27 bits per heavy atom. The van der Waals surface area contributed by atoms with Crippen LogP contribution in [0, 0.1) is 5.92 Å². The first-order chi connectivity index (χ1) is 14.6. The first-order valence-electron chi connectivity index (χ1n) is 9.96. The fourth-order valence-electron chi connectivity index (χ4n) is 2.98. The van der Waals surface area contributed by atoms with Crippen molar-refractivity contribution in [3.05, 3.63) is 71.7 Å². The second kappa shape index (κ2) is 10.4. The van der Waals surface area contributed by atoms with Gasteiger partial charge in [-0.15, -0.1) is 0 Å². The Bertz CT molecular complexity index is 907. The lowest BCUT2D eigenvalue weighted by Gasteiger charge is -2.15. The summed E-state index contributed by atoms with van der Waals surface area (Å²) in [6.07, 6.45) is 5.42. The molecular weight excluding hydrogens is 384 g/mol. The molecule has 1 saturated carbocycles. The van der Waals surface area contributed by atoms with Crippen LogP contribution in [0.15, 0.2) is 60.1 Å². The monoisotopic (exact) mass is 410 g/mol. The number of ether oxygens (including phenoxy) is 2. The number of oxime groups is 1. The van der Waals surface area contributed by atoms with Gasteiger partial charge >= 0.3 is 5.97 Å². The molecule has 30 heavy (non-hydrogen) atoms. The topological polar surface area (TPSA) is 90.2 Å². The van der Waals surface area contributed by atoms with E-state index in [4.69, 9.17) is 14.3 Å². The van der Waals surface area contributed by atoms with Crippen molar-refractivity contribution >= 4 is 17.4 Å². The lowest BCUT2D eigenvalue weighted by atomic mass is 10.0. The molecule has 1 N–H and O–H groups in total. The predicted octanol–water partition coefficient (Wildman–Crippen LogP) is 4.56. The van der Waals surface area contributed by atoms with Crippen molar-refractivity contribution in [1.29, 1.82) is 0 Å². The van der Waals surface area contributed by atoms with E-state index in [2.05, 4.69) is 10.1 Å². The molecule has 1 aliphatic carbocycles. The number of benzene rings is 1. The molecule has 1 aromatic heterocycles. The van der Waals surface area contributed by atoms with Gasteiger partial charge in [0, 0.05) is 12.1 Å². The Morgan fingerprint density at radius 3 is 2.67 bits per heavy atom. The van der Waals surface area contributed by atoms with Crippen LogP contribution >= 0.6 is 0 Å². The highest BCUT2D eigenvalue weighted by atomic mass is 16.7. The number of aliphatic carboxylic acids is 1. The molecule has 1 aliphatic rings. The van der Waals surface area contributed by atoms with E-state index in [9.17, 15) is 9.90 Å². The van der Waals surface area contributed by atoms with Crippen molar-refractivity contribution < 1.29 is 24.2 Å². The summed E-state index contributed by atoms with van der Waals surface area (Å²) < 4.78 is 10.9. The second-order valence-corrected chi connectivity index (χ2v) is 6.98. The number of carbonyl (C=O) groups is 1. The SMILES string of the molecule is CCC(ON=C(OCc1ccccc1C(=COC)C(=O)O)C1CC1)c1ccccn1. The van der Waals surface area contributed by atoms with E-state index in [1.54, 1.807) is 18.3 Å². The standard InChI is InChI=1S/C23H26N2O5/c1-3-21(20-10-6-7-13-24-20)30-25-22(16-11-12-16)29-14-17-8-4-5-9-18(17)19(15-28-2)23(26)27/h4-10,13,15-16,21H,3,11-12,14H2,1-2H3,(H,26,27). The van der Waals surface area contributed by atoms with E-state index in [0.717, 1.165) is 30.5 Å². The largest absolute Gasteiger partial charge is 0.503 e. The quantitative estimate of drug-likeness (QED) is 0.203. The van der Waals surface area contributed by atoms with Crippen molar-refractivity contribution in [3.63, 3.8) is 0 Å². The Balaban J connectivity index is 1.74. The average Bonchev–Trinajstić information content (AvgIpc) is 3.61. The third-order valence-corrected chi connectivity index (χ3v) is 4.73. The van der Waals surface area contributed by atoms with Crippen LogP contribution < -0.4 is 0 Å². The molecule has 0 amide bonds. The number of methoxy groups -OCH3 is 1. The first kappa shape index (κ1) is 21.4. The lowest BCUT2D eigenvalue weighted by molar-refractivity contribution is -0.130. The smallest absolute Gasteiger partial charge is 0.339 e. The summed E-state index contributed by atoms with van der Waals surface area (Å²) in [5, 5.41) is 13.8. The summed E-state index contributed by atoms with van der Waals surface area (Å²) in [6.45, 7) is 2.20. The van der Waals surface area contributed by atoms with Crippen LogP contribution in [-0.2, 0) is 25.7 Å². The molecule has 1 aromatic carbocycles. The summed E-state index contributed by atoms with van der Waals surface area (Å²) in [6, 6.07) is 12.9. The summed E-state index contributed by atoms with van der Waals surface area (Å²) >= 11 is 0. The van der Waals surface area contributed by atoms with Crippen LogP contribution in [-0.4, -0.2) is 29.1 Å². The zero-order chi connectivity index (χ0) is 21.3. The molecule has 1 heterocycles. The van der Waals surface area contributed by atoms with Gasteiger partial charge in [0.15, 0.2) is 6.10 Å². The van der Waals surface area contributed by atoms with Crippen LogP contribution in [0.1, 0.15) is 49.1 Å². The van der Waals surface area contributed by atoms with Crippen molar-refractivity contribution in [2.75, 3.05) is 7.11 Å². The molecule has 7 nitrogen and oxygen atoms in total. The van der Waals surface area contributed by atoms with E-state index >= 15 is 0 Å². The van der Waals surface area contributed by atoms with E-state index in [1.165, 1.54) is 13.4 Å². The number of pyridine rings is 1. The van der Waals surface area contributed by atoms with Crippen molar-refractivity contribution in [2.24, 2.45) is 11.1 Å². The minimum Gasteiger partial charge on any atom is -0.503 e. The van der Waals surface area contributed by atoms with Crippen molar-refractivity contribution in [3.8, 4) is 0 Å². The molecule has 0 spiro atoms. The number of aromatic nitrogens is 1. The third-order valence-electron chi connectivity index (χ3n) is 4.73. The Labute approximate surface area is 176 Å². The van der Waals surface area contributed by atoms with Crippen LogP contribution in [0.5, 0.6) is 0 Å². The fraction of sp³-hybridized carbons (Fsp3) is 0.348. The van der Waals surface area contributed by atoms with Crippen molar-refractivity contribution in [1.82, 2.24) is 4.98 Å². The van der Waals surface area contributed by atoms with E-state index in [0.29, 0.717) is 11.5 Å². The summed E-state index contributed by atoms with van der Waals surface area (Å²) in [4.78, 5) is 21.7. The second-order valence-electron chi connectivity index (χ2n) is 6.98. The number of nitrogens with zero attached hydrogens (tertiary/aromatic N) is 2. The van der Waals surface area contributed by atoms with Gasteiger partial charge in [-0.3, -0.25) is 4.98 Å². The highest BCUT2D eigenvalue weighted by molar-refractivity contribution is 6.15. The van der Waals surface area contributed by atoms with E-state index in [-0.39, 0.29) is 24.2 Å². The van der Waals surface area contributed by atoms with Crippen LogP contribution in [0.25, 0.3) is 5.57 Å². The number of hydrogen-bond donors (Lipinski definition) is 1. The number of carboxylic acids is 1. The van der Waals surface area contributed by atoms with Gasteiger partial charge in [0.2, 0.25) is 5.90 Å². The predicted molar refractivity (Wildman–Crippen MR) is 112 cm³/mol. The minimum atomic E-state index is -1.06. The van der Waals surface area contributed by atoms with Gasteiger partial charge in [0.1, 0.15) is 12.2 Å². The van der Waals surface area contributed by atoms with Crippen LogP contribution in [0.3, 0.4) is 0 Å². The number of carboxylic acid groups (broad SMARTS) is 1. The molecule has 0 radical (unpaired) electrons. The lowest BCUT2D eigenvalue weighted by Crippen LogP contribution is -2.12. The number of hydrogen-bond acceptors (Lipinski definition) is 6. The number of rotatable bonds is 10. The van der Waals surface area contributed by atoms with Gasteiger partial charge in [0.05, 0.1) is 19.1 Å². The summed E-state index contributed by atoms with van der Waals surface area (Å²) in [7, 11) is 1.42. The molecule has 0 bridgehead atoms. The molecule has 1 unspecified atom stereocenters. The Morgan fingerprint density at radius 2 is 2.03 bits per heavy atom. The Kier molecular flexibility index (Phi) is 7.43. The molecule has 0 aliphatic heterocycles. The summed E-state index contributed by atoms with van der Waals surface area (Å²) in [5.41, 5.74) is 2.16. The van der Waals surface area contributed by atoms with Crippen molar-refractivity contribution in [2.45, 2.75) is 38.9 Å². The van der Waals surface area contributed by atoms with Gasteiger partial charge in [-0.25, -0.2) is 4.79 Å². The van der Waals surface area contributed by atoms with Gasteiger partial charge in [-0.1, -0.05) is 42.4 Å². The molecule has 7 heteroatoms. The highest BCUT2D eigenvalue weighted by Gasteiger charge is 2.31. The molecule has 2 aromatic rings. The molecule has 0 saturated heterocycles. The normalized spacial score (nSPS) is 15.4. The van der Waals surface area contributed by atoms with Gasteiger partial charge in [0.25, 0.3) is 0 Å². The molecule has 3 rings (SSSR count). The molecule has 1 fully saturated rings. The maximum atomic E-state index is 11.6. The Hall–Kier alpha value is -3.35. The molecule has 1 atom stereocenters. The van der Waals surface area contributed by atoms with Gasteiger partial charge in [-0.2, -0.15) is 0 Å². The average molecular weight is 410 g/mol. The maximum absolute atomic E-state index is 11.6. The zero-order valence-electron chi connectivity index (χ0n) is 17.2. The first-order valence-corrected chi connectivity index (χ1v) is 9.96. The maximum Gasteiger partial charge on any atom is 0.339 e. The van der Waals surface area contributed by atoms with Crippen LogP contribution in [0.4, 0.5) is 0 Å². The third kappa shape index (κ3) is 5.59. The minimum absolute atomic E-state index is 0.0686. The van der Waals surface area contributed by atoms with E-state index in [1.807, 2.05) is 37.3 Å². The molecule has 158 valence electrons. The van der Waals surface area contributed by atoms with E-state index < -0.39 is 5.97 Å².